The van der Waals surface area contributed by atoms with Crippen LogP contribution in [0.15, 0.2) is 133 Å². The molecule has 0 amide bonds. The lowest BCUT2D eigenvalue weighted by Crippen LogP contribution is -2.62. The molecule has 1 fully saturated rings. The van der Waals surface area contributed by atoms with Crippen LogP contribution in [0.1, 0.15) is 240 Å². The average Bonchev–Trinajstić information content (AvgIpc) is 1.35. The van der Waals surface area contributed by atoms with E-state index in [1.807, 2.05) is 0 Å². The van der Waals surface area contributed by atoms with Crippen LogP contribution in [-0.4, -0.2) is 12.3 Å². The first-order valence-electron chi connectivity index (χ1n) is 33.3. The standard InChI is InChI=1S/C83H94BN3/c1-49-39-72-74-73(40-49)86(69-48-63-61(42-51(69)3)79(13,14)55-28-22-24-30-57(55)81(63,17)18)71-46-59-58(76(7,8)37-38-77(59,9)10)45-66(71)84(74)65-33-32-53(87-67-34-31-52(75(4,5)6)43-64(67)82(19)35-25-26-36-83(82,87)20)44-70(65)85(72)68-47-62-60(41-50(68)2)78(11,12)54-27-21-23-29-56(54)80(62,15)16/h21-24,27-34,39-48H,25-26,35-38H2,1-20H3. The minimum atomic E-state index is -0.230. The van der Waals surface area contributed by atoms with Gasteiger partial charge in [0.05, 0.1) is 5.54 Å². The van der Waals surface area contributed by atoms with Crippen molar-refractivity contribution < 1.29 is 0 Å². The Labute approximate surface area is 523 Å². The van der Waals surface area contributed by atoms with Crippen LogP contribution in [0.5, 0.6) is 0 Å². The van der Waals surface area contributed by atoms with E-state index in [4.69, 9.17) is 0 Å². The monoisotopic (exact) mass is 1140 g/mol. The lowest BCUT2D eigenvalue weighted by atomic mass is 9.33. The summed E-state index contributed by atoms with van der Waals surface area (Å²) in [4.78, 5) is 8.38. The number of anilines is 8. The van der Waals surface area contributed by atoms with Crippen LogP contribution in [0.25, 0.3) is 0 Å². The van der Waals surface area contributed by atoms with Gasteiger partial charge in [-0.15, -0.1) is 0 Å². The van der Waals surface area contributed by atoms with Crippen molar-refractivity contribution in [3.05, 3.63) is 217 Å². The lowest BCUT2D eigenvalue weighted by molar-refractivity contribution is 0.195. The molecule has 8 aromatic carbocycles. The van der Waals surface area contributed by atoms with Crippen LogP contribution in [-0.2, 0) is 43.3 Å². The molecule has 2 atom stereocenters. The van der Waals surface area contributed by atoms with E-state index in [9.17, 15) is 0 Å². The third-order valence-electron chi connectivity index (χ3n) is 24.8. The summed E-state index contributed by atoms with van der Waals surface area (Å²) in [6.07, 6.45) is 7.15. The van der Waals surface area contributed by atoms with Crippen molar-refractivity contribution in [2.75, 3.05) is 14.7 Å². The summed E-state index contributed by atoms with van der Waals surface area (Å²) in [6, 6.07) is 55.0. The van der Waals surface area contributed by atoms with Crippen molar-refractivity contribution >= 4 is 68.6 Å². The van der Waals surface area contributed by atoms with Crippen LogP contribution < -0.4 is 31.1 Å². The number of hydrogen-bond donors (Lipinski definition) is 0. The third-order valence-corrected chi connectivity index (χ3v) is 24.8. The minimum absolute atomic E-state index is 0.00554. The molecule has 3 heterocycles. The fourth-order valence-corrected chi connectivity index (χ4v) is 19.1. The highest BCUT2D eigenvalue weighted by Crippen LogP contribution is 2.63. The molecule has 87 heavy (non-hydrogen) atoms. The van der Waals surface area contributed by atoms with Gasteiger partial charge in [0.25, 0.3) is 6.71 Å². The van der Waals surface area contributed by atoms with Gasteiger partial charge < -0.3 is 14.7 Å². The molecule has 8 aromatic rings. The predicted octanol–water partition coefficient (Wildman–Crippen LogP) is 20.0. The maximum atomic E-state index is 2.84. The second-order valence-electron chi connectivity index (χ2n) is 33.4. The first-order valence-corrected chi connectivity index (χ1v) is 33.3. The lowest BCUT2D eigenvalue weighted by Gasteiger charge is -2.51. The Morgan fingerprint density at radius 3 is 1.31 bits per heavy atom. The summed E-state index contributed by atoms with van der Waals surface area (Å²) in [5.41, 5.74) is 35.1. The van der Waals surface area contributed by atoms with Crippen molar-refractivity contribution in [1.29, 1.82) is 0 Å². The molecule has 0 spiro atoms. The molecule has 7 aliphatic rings. The van der Waals surface area contributed by atoms with Gasteiger partial charge in [0.15, 0.2) is 0 Å². The van der Waals surface area contributed by atoms with Gasteiger partial charge >= 0.3 is 0 Å². The molecule has 15 rings (SSSR count). The maximum absolute atomic E-state index is 2.84. The molecule has 3 nitrogen and oxygen atoms in total. The number of benzene rings is 8. The molecule has 0 aromatic heterocycles. The fourth-order valence-electron chi connectivity index (χ4n) is 19.1. The average molecular weight is 1140 g/mol. The Kier molecular flexibility index (Phi) is 11.6. The van der Waals surface area contributed by atoms with Crippen molar-refractivity contribution in [3.63, 3.8) is 0 Å². The van der Waals surface area contributed by atoms with Gasteiger partial charge in [-0.25, -0.2) is 0 Å². The maximum Gasteiger partial charge on any atom is 0.252 e. The van der Waals surface area contributed by atoms with Gasteiger partial charge in [-0.3, -0.25) is 0 Å². The van der Waals surface area contributed by atoms with Crippen LogP contribution in [0.2, 0.25) is 0 Å². The van der Waals surface area contributed by atoms with Crippen LogP contribution in [0, 0.1) is 20.8 Å². The highest BCUT2D eigenvalue weighted by atomic mass is 15.3. The quantitative estimate of drug-likeness (QED) is 0.163. The summed E-state index contributed by atoms with van der Waals surface area (Å²) >= 11 is 0. The first-order chi connectivity index (χ1) is 40.7. The predicted molar refractivity (Wildman–Crippen MR) is 373 cm³/mol. The topological polar surface area (TPSA) is 9.72 Å². The van der Waals surface area contributed by atoms with Gasteiger partial charge in [0, 0.05) is 72.6 Å². The highest BCUT2D eigenvalue weighted by molar-refractivity contribution is 7.00. The first kappa shape index (κ1) is 56.7. The minimum Gasteiger partial charge on any atom is -0.334 e. The van der Waals surface area contributed by atoms with E-state index in [1.54, 1.807) is 0 Å². The molecule has 0 bridgehead atoms. The molecule has 0 radical (unpaired) electrons. The van der Waals surface area contributed by atoms with Gasteiger partial charge in [-0.2, -0.15) is 0 Å². The smallest absolute Gasteiger partial charge is 0.252 e. The Bertz CT molecular complexity index is 4320. The Hall–Kier alpha value is -6.78. The van der Waals surface area contributed by atoms with E-state index in [2.05, 4.69) is 287 Å². The van der Waals surface area contributed by atoms with E-state index in [1.165, 1.54) is 165 Å². The van der Waals surface area contributed by atoms with Gasteiger partial charge in [0.2, 0.25) is 0 Å². The van der Waals surface area contributed by atoms with Crippen LogP contribution >= 0.6 is 0 Å². The Morgan fingerprint density at radius 1 is 0.368 bits per heavy atom. The summed E-state index contributed by atoms with van der Waals surface area (Å²) in [5.74, 6) is 0. The number of fused-ring (bicyclic) bond motifs is 12. The number of aryl methyl sites for hydroxylation is 3. The van der Waals surface area contributed by atoms with E-state index in [0.717, 1.165) is 19.3 Å². The second-order valence-corrected chi connectivity index (χ2v) is 33.4. The molecule has 4 aliphatic carbocycles. The molecule has 4 heteroatoms. The molecular weight excluding hydrogens is 1050 g/mol. The molecule has 2 unspecified atom stereocenters. The summed E-state index contributed by atoms with van der Waals surface area (Å²) in [5, 5.41) is 0. The zero-order valence-electron chi connectivity index (χ0n) is 56.4. The molecule has 444 valence electrons. The molecular formula is C83H94BN3. The largest absolute Gasteiger partial charge is 0.334 e. The zero-order valence-corrected chi connectivity index (χ0v) is 56.4. The summed E-state index contributed by atoms with van der Waals surface area (Å²) < 4.78 is 0. The Balaban J connectivity index is 1.04. The molecule has 0 saturated heterocycles. The third kappa shape index (κ3) is 7.43. The SMILES string of the molecule is Cc1cc2c3c(c1)N(c1cc4c(cc1C)C(C)(C)c1ccccc1C4(C)C)c1cc4c(cc1B3c1ccc(N3c5ccc(C(C)(C)C)cc5C5(C)CCCCC35C)cc1N2c1cc2c(cc1C)C(C)(C)c1ccccc1C2(C)C)C(C)(C)CCC4(C)C. The van der Waals surface area contributed by atoms with E-state index < -0.39 is 0 Å². The Morgan fingerprint density at radius 2 is 0.816 bits per heavy atom. The highest BCUT2D eigenvalue weighted by Gasteiger charge is 2.59. The van der Waals surface area contributed by atoms with E-state index >= 15 is 0 Å². The van der Waals surface area contributed by atoms with Gasteiger partial charge in [-0.1, -0.05) is 209 Å². The van der Waals surface area contributed by atoms with Crippen molar-refractivity contribution in [2.24, 2.45) is 0 Å². The fraction of sp³-hybridized carbons (Fsp3) is 0.422. The van der Waals surface area contributed by atoms with Crippen molar-refractivity contribution in [3.8, 4) is 0 Å². The van der Waals surface area contributed by atoms with Crippen molar-refractivity contribution in [1.82, 2.24) is 0 Å². The van der Waals surface area contributed by atoms with Gasteiger partial charge in [-0.05, 0) is 218 Å². The number of nitrogens with zero attached hydrogens (tertiary/aromatic N) is 3. The molecule has 1 saturated carbocycles. The number of rotatable bonds is 3. The molecule has 0 N–H and O–H groups in total. The number of hydrogen-bond acceptors (Lipinski definition) is 3. The van der Waals surface area contributed by atoms with Crippen LogP contribution in [0.3, 0.4) is 0 Å². The van der Waals surface area contributed by atoms with E-state index in [-0.39, 0.29) is 55.6 Å². The normalized spacial score (nSPS) is 23.0. The second kappa shape index (κ2) is 17.8. The zero-order chi connectivity index (χ0) is 61.6. The van der Waals surface area contributed by atoms with Crippen LogP contribution in [0.4, 0.5) is 45.5 Å². The summed E-state index contributed by atoms with van der Waals surface area (Å²) in [7, 11) is 0. The summed E-state index contributed by atoms with van der Waals surface area (Å²) in [6.45, 7) is 49.3. The van der Waals surface area contributed by atoms with Crippen molar-refractivity contribution in [2.45, 2.75) is 226 Å². The molecule has 3 aliphatic heterocycles. The van der Waals surface area contributed by atoms with E-state index in [0.29, 0.717) is 0 Å². The van der Waals surface area contributed by atoms with Gasteiger partial charge in [0.1, 0.15) is 0 Å².